The monoisotopic (exact) mass is 319 g/mol. The Morgan fingerprint density at radius 3 is 2.70 bits per heavy atom. The van der Waals surface area contributed by atoms with Crippen LogP contribution in [0.4, 0.5) is 5.69 Å². The Balaban J connectivity index is 1.95. The lowest BCUT2D eigenvalue weighted by atomic mass is 9.80. The number of carbonyl (C=O) groups excluding carboxylic acids is 1. The maximum atomic E-state index is 12.5. The van der Waals surface area contributed by atoms with Gasteiger partial charge >= 0.3 is 0 Å². The van der Waals surface area contributed by atoms with Crippen LogP contribution in [0.5, 0.6) is 0 Å². The maximum absolute atomic E-state index is 12.5. The number of ether oxygens (including phenoxy) is 1. The highest BCUT2D eigenvalue weighted by atomic mass is 16.6. The van der Waals surface area contributed by atoms with E-state index in [9.17, 15) is 14.9 Å². The normalized spacial score (nSPS) is 23.8. The number of carbonyl (C=O) groups is 1. The molecule has 0 aliphatic heterocycles. The van der Waals surface area contributed by atoms with Gasteiger partial charge in [-0.05, 0) is 43.4 Å². The van der Waals surface area contributed by atoms with Gasteiger partial charge in [0.05, 0.1) is 23.0 Å². The lowest BCUT2D eigenvalue weighted by molar-refractivity contribution is -0.384. The van der Waals surface area contributed by atoms with E-state index in [1.165, 1.54) is 12.1 Å². The van der Waals surface area contributed by atoms with Gasteiger partial charge in [-0.2, -0.15) is 0 Å². The van der Waals surface area contributed by atoms with E-state index in [2.05, 4.69) is 6.92 Å². The second-order valence-electron chi connectivity index (χ2n) is 6.56. The van der Waals surface area contributed by atoms with Gasteiger partial charge in [-0.3, -0.25) is 14.9 Å². The molecule has 0 N–H and O–H groups in total. The lowest BCUT2D eigenvalue weighted by Crippen LogP contribution is -2.37. The molecule has 0 unspecified atom stereocenters. The number of benzene rings is 1. The molecule has 1 aromatic rings. The van der Waals surface area contributed by atoms with Gasteiger partial charge in [0.1, 0.15) is 5.78 Å². The van der Waals surface area contributed by atoms with Gasteiger partial charge in [-0.25, -0.2) is 0 Å². The number of non-ortho nitro benzene ring substituents is 1. The van der Waals surface area contributed by atoms with E-state index in [1.54, 1.807) is 12.1 Å². The summed E-state index contributed by atoms with van der Waals surface area (Å²) in [5.74, 6) is 0.311. The molecular formula is C18H25NO4. The summed E-state index contributed by atoms with van der Waals surface area (Å²) in [6.07, 6.45) is 5.34. The summed E-state index contributed by atoms with van der Waals surface area (Å²) >= 11 is 0. The third-order valence-electron chi connectivity index (χ3n) is 4.87. The molecule has 0 spiro atoms. The Morgan fingerprint density at radius 2 is 2.09 bits per heavy atom. The van der Waals surface area contributed by atoms with Gasteiger partial charge in [0.2, 0.25) is 0 Å². The minimum absolute atomic E-state index is 0.0537. The zero-order valence-electron chi connectivity index (χ0n) is 13.9. The highest BCUT2D eigenvalue weighted by Crippen LogP contribution is 2.42. The average Bonchev–Trinajstić information content (AvgIpc) is 2.93. The fourth-order valence-corrected chi connectivity index (χ4v) is 3.25. The average molecular weight is 319 g/mol. The zero-order chi connectivity index (χ0) is 16.9. The van der Waals surface area contributed by atoms with E-state index in [0.29, 0.717) is 18.8 Å². The number of nitrogens with zero attached hydrogens (tertiary/aromatic N) is 1. The molecule has 1 aliphatic rings. The molecule has 1 aromatic carbocycles. The van der Waals surface area contributed by atoms with Crippen LogP contribution >= 0.6 is 0 Å². The quantitative estimate of drug-likeness (QED) is 0.525. The van der Waals surface area contributed by atoms with Gasteiger partial charge in [-0.15, -0.1) is 0 Å². The Hall–Kier alpha value is -1.75. The molecule has 0 bridgehead atoms. The Morgan fingerprint density at radius 1 is 1.39 bits per heavy atom. The van der Waals surface area contributed by atoms with Gasteiger partial charge in [0, 0.05) is 18.6 Å². The molecule has 0 radical (unpaired) electrons. The fraction of sp³-hybridized carbons (Fsp3) is 0.611. The van der Waals surface area contributed by atoms with Gasteiger partial charge in [0.15, 0.2) is 0 Å². The first-order valence-electron chi connectivity index (χ1n) is 8.35. The van der Waals surface area contributed by atoms with Gasteiger partial charge in [0.25, 0.3) is 5.69 Å². The van der Waals surface area contributed by atoms with Crippen molar-refractivity contribution in [1.29, 1.82) is 0 Å². The van der Waals surface area contributed by atoms with E-state index >= 15 is 0 Å². The van der Waals surface area contributed by atoms with Crippen LogP contribution in [0.3, 0.4) is 0 Å². The fourth-order valence-electron chi connectivity index (χ4n) is 3.25. The number of hydrogen-bond acceptors (Lipinski definition) is 4. The van der Waals surface area contributed by atoms with Crippen LogP contribution in [0.15, 0.2) is 24.3 Å². The number of rotatable bonds is 8. The second kappa shape index (κ2) is 7.68. The molecule has 1 aliphatic carbocycles. The van der Waals surface area contributed by atoms with Gasteiger partial charge in [-0.1, -0.05) is 20.3 Å². The molecule has 5 nitrogen and oxygen atoms in total. The van der Waals surface area contributed by atoms with Crippen molar-refractivity contribution in [2.24, 2.45) is 5.41 Å². The van der Waals surface area contributed by atoms with Crippen LogP contribution in [-0.2, 0) is 16.1 Å². The van der Waals surface area contributed by atoms with Crippen LogP contribution in [-0.4, -0.2) is 16.8 Å². The van der Waals surface area contributed by atoms with Crippen molar-refractivity contribution < 1.29 is 14.5 Å². The van der Waals surface area contributed by atoms with Crippen LogP contribution < -0.4 is 0 Å². The molecule has 0 heterocycles. The third kappa shape index (κ3) is 4.16. The largest absolute Gasteiger partial charge is 0.373 e. The van der Waals surface area contributed by atoms with Crippen LogP contribution in [0.25, 0.3) is 0 Å². The van der Waals surface area contributed by atoms with E-state index in [4.69, 9.17) is 4.74 Å². The molecule has 23 heavy (non-hydrogen) atoms. The molecule has 0 amide bonds. The first-order valence-corrected chi connectivity index (χ1v) is 8.35. The minimum atomic E-state index is -0.412. The number of nitro groups is 1. The van der Waals surface area contributed by atoms with Crippen LogP contribution in [0, 0.1) is 15.5 Å². The predicted octanol–water partition coefficient (Wildman–Crippen LogP) is 4.43. The molecule has 0 aromatic heterocycles. The van der Waals surface area contributed by atoms with Crippen molar-refractivity contribution >= 4 is 11.5 Å². The maximum Gasteiger partial charge on any atom is 0.269 e. The third-order valence-corrected chi connectivity index (χ3v) is 4.87. The van der Waals surface area contributed by atoms with E-state index in [-0.39, 0.29) is 17.2 Å². The summed E-state index contributed by atoms with van der Waals surface area (Å²) in [6.45, 7) is 4.50. The highest BCUT2D eigenvalue weighted by Gasteiger charge is 2.44. The van der Waals surface area contributed by atoms with Crippen LogP contribution in [0.2, 0.25) is 0 Å². The van der Waals surface area contributed by atoms with Crippen molar-refractivity contribution in [3.8, 4) is 0 Å². The molecular weight excluding hydrogens is 294 g/mol. The number of hydrogen-bond donors (Lipinski definition) is 0. The predicted molar refractivity (Wildman–Crippen MR) is 88.2 cm³/mol. The Kier molecular flexibility index (Phi) is 5.88. The van der Waals surface area contributed by atoms with Crippen molar-refractivity contribution in [3.05, 3.63) is 39.9 Å². The summed E-state index contributed by atoms with van der Waals surface area (Å²) in [4.78, 5) is 22.8. The smallest absolute Gasteiger partial charge is 0.269 e. The molecule has 0 saturated heterocycles. The summed E-state index contributed by atoms with van der Waals surface area (Å²) in [6, 6.07) is 6.39. The molecule has 5 heteroatoms. The van der Waals surface area contributed by atoms with Crippen molar-refractivity contribution in [3.63, 3.8) is 0 Å². The minimum Gasteiger partial charge on any atom is -0.373 e. The number of ketones is 1. The molecule has 1 fully saturated rings. The second-order valence-corrected chi connectivity index (χ2v) is 6.56. The standard InChI is InChI=1S/C18H25NO4/c1-3-4-6-16(20)18(2)12-5-7-17(18)23-13-14-8-10-15(11-9-14)19(21)22/h8-11,17H,3-7,12-13H2,1-2H3/t17-,18-/m1/s1. The number of unbranched alkanes of at least 4 members (excludes halogenated alkanes) is 1. The van der Waals surface area contributed by atoms with Crippen molar-refractivity contribution in [1.82, 2.24) is 0 Å². The molecule has 1 saturated carbocycles. The van der Waals surface area contributed by atoms with E-state index in [1.807, 2.05) is 6.92 Å². The summed E-state index contributed by atoms with van der Waals surface area (Å²) < 4.78 is 6.02. The number of nitro benzene ring substituents is 1. The van der Waals surface area contributed by atoms with Crippen molar-refractivity contribution in [2.45, 2.75) is 65.1 Å². The Bertz CT molecular complexity index is 555. The first kappa shape index (κ1) is 17.6. The zero-order valence-corrected chi connectivity index (χ0v) is 13.9. The van der Waals surface area contributed by atoms with E-state index < -0.39 is 4.92 Å². The SMILES string of the molecule is CCCCC(=O)[C@@]1(C)CCC[C@H]1OCc1ccc([N+](=O)[O-])cc1. The van der Waals surface area contributed by atoms with Gasteiger partial charge < -0.3 is 4.74 Å². The summed E-state index contributed by atoms with van der Waals surface area (Å²) in [5, 5.41) is 10.7. The molecule has 126 valence electrons. The number of Topliss-reactive ketones (excluding diaryl/α,β-unsaturated/α-hetero) is 1. The van der Waals surface area contributed by atoms with Crippen LogP contribution in [0.1, 0.15) is 57.9 Å². The first-order chi connectivity index (χ1) is 11.0. The topological polar surface area (TPSA) is 69.4 Å². The Labute approximate surface area is 137 Å². The summed E-state index contributed by atoms with van der Waals surface area (Å²) in [7, 11) is 0. The summed E-state index contributed by atoms with van der Waals surface area (Å²) in [5.41, 5.74) is 0.593. The molecule has 2 atom stereocenters. The van der Waals surface area contributed by atoms with Crippen molar-refractivity contribution in [2.75, 3.05) is 0 Å². The highest BCUT2D eigenvalue weighted by molar-refractivity contribution is 5.85. The molecule has 2 rings (SSSR count). The van der Waals surface area contributed by atoms with E-state index in [0.717, 1.165) is 37.7 Å². The lowest BCUT2D eigenvalue weighted by Gasteiger charge is -2.30.